The molecule has 0 atom stereocenters. The molecule has 1 rings (SSSR count). The first-order valence-electron chi connectivity index (χ1n) is 3.49. The Kier molecular flexibility index (Phi) is 2.61. The number of pyridine rings is 1. The van der Waals surface area contributed by atoms with Gasteiger partial charge >= 0.3 is 11.7 Å². The highest BCUT2D eigenvalue weighted by molar-refractivity contribution is 5.85. The van der Waals surface area contributed by atoms with Gasteiger partial charge in [-0.15, -0.1) is 0 Å². The number of carboxylic acids is 1. The summed E-state index contributed by atoms with van der Waals surface area (Å²) in [5, 5.41) is 18.9. The average Bonchev–Trinajstić information content (AvgIpc) is 2.16. The zero-order valence-corrected chi connectivity index (χ0v) is 7.13. The third-order valence-electron chi connectivity index (χ3n) is 1.45. The van der Waals surface area contributed by atoms with Crippen molar-refractivity contribution in [3.8, 4) is 5.88 Å². The topological polar surface area (TPSA) is 103 Å². The highest BCUT2D eigenvalue weighted by atomic mass is 16.6. The summed E-state index contributed by atoms with van der Waals surface area (Å²) >= 11 is 0. The number of aromatic nitrogens is 1. The second-order valence-corrected chi connectivity index (χ2v) is 2.29. The Hall–Kier alpha value is -2.18. The van der Waals surface area contributed by atoms with Crippen molar-refractivity contribution >= 4 is 11.7 Å². The number of carboxylic acid groups (broad SMARTS) is 1. The summed E-state index contributed by atoms with van der Waals surface area (Å²) in [6, 6.07) is 2.08. The SMILES string of the molecule is COc1nc(C(=O)O)ccc1[N+](=O)[O-]. The van der Waals surface area contributed by atoms with Crippen molar-refractivity contribution in [1.82, 2.24) is 4.98 Å². The maximum absolute atomic E-state index is 10.5. The third kappa shape index (κ3) is 1.76. The summed E-state index contributed by atoms with van der Waals surface area (Å²) in [5.41, 5.74) is -0.662. The molecule has 0 spiro atoms. The number of rotatable bonds is 3. The predicted octanol–water partition coefficient (Wildman–Crippen LogP) is 0.697. The minimum atomic E-state index is -1.27. The Bertz CT molecular complexity index is 390. The molecular formula is C7H6N2O5. The van der Waals surface area contributed by atoms with Gasteiger partial charge < -0.3 is 9.84 Å². The van der Waals surface area contributed by atoms with Crippen LogP contribution < -0.4 is 4.74 Å². The van der Waals surface area contributed by atoms with Crippen LogP contribution in [0.2, 0.25) is 0 Å². The Morgan fingerprint density at radius 1 is 1.64 bits per heavy atom. The van der Waals surface area contributed by atoms with E-state index in [9.17, 15) is 14.9 Å². The number of hydrogen-bond acceptors (Lipinski definition) is 5. The second-order valence-electron chi connectivity index (χ2n) is 2.29. The highest BCUT2D eigenvalue weighted by Crippen LogP contribution is 2.23. The quantitative estimate of drug-likeness (QED) is 0.566. The van der Waals surface area contributed by atoms with Gasteiger partial charge in [-0.3, -0.25) is 10.1 Å². The second kappa shape index (κ2) is 3.69. The molecule has 0 saturated carbocycles. The number of carbonyl (C=O) groups is 1. The van der Waals surface area contributed by atoms with E-state index >= 15 is 0 Å². The van der Waals surface area contributed by atoms with E-state index in [1.807, 2.05) is 0 Å². The lowest BCUT2D eigenvalue weighted by molar-refractivity contribution is -0.386. The fourth-order valence-corrected chi connectivity index (χ4v) is 0.841. The van der Waals surface area contributed by atoms with Crippen LogP contribution in [0.15, 0.2) is 12.1 Å². The lowest BCUT2D eigenvalue weighted by Gasteiger charge is -2.00. The van der Waals surface area contributed by atoms with Crippen LogP contribution in [0.5, 0.6) is 5.88 Å². The molecule has 14 heavy (non-hydrogen) atoms. The summed E-state index contributed by atoms with van der Waals surface area (Å²) in [6.45, 7) is 0. The minimum Gasteiger partial charge on any atom is -0.477 e. The molecule has 0 fully saturated rings. The normalized spacial score (nSPS) is 9.50. The number of hydrogen-bond donors (Lipinski definition) is 1. The lowest BCUT2D eigenvalue weighted by Crippen LogP contribution is -2.03. The number of nitrogens with zero attached hydrogens (tertiary/aromatic N) is 2. The van der Waals surface area contributed by atoms with Crippen LogP contribution in [-0.4, -0.2) is 28.1 Å². The molecule has 1 heterocycles. The molecule has 7 heteroatoms. The molecule has 0 saturated heterocycles. The van der Waals surface area contributed by atoms with Gasteiger partial charge in [-0.25, -0.2) is 9.78 Å². The van der Waals surface area contributed by atoms with Gasteiger partial charge in [0.05, 0.1) is 12.0 Å². The third-order valence-corrected chi connectivity index (χ3v) is 1.45. The van der Waals surface area contributed by atoms with Gasteiger partial charge in [-0.2, -0.15) is 0 Å². The summed E-state index contributed by atoms with van der Waals surface area (Å²) in [5.74, 6) is -1.58. The molecule has 0 aromatic carbocycles. The Labute approximate surface area is 78.1 Å². The first kappa shape index (κ1) is 9.90. The molecule has 74 valence electrons. The van der Waals surface area contributed by atoms with Crippen LogP contribution >= 0.6 is 0 Å². The molecule has 0 unspecified atom stereocenters. The van der Waals surface area contributed by atoms with Gasteiger partial charge in [0.1, 0.15) is 0 Å². The van der Waals surface area contributed by atoms with E-state index in [1.54, 1.807) is 0 Å². The van der Waals surface area contributed by atoms with Crippen LogP contribution in [0.25, 0.3) is 0 Å². The zero-order chi connectivity index (χ0) is 10.7. The van der Waals surface area contributed by atoms with E-state index in [1.165, 1.54) is 7.11 Å². The van der Waals surface area contributed by atoms with Gasteiger partial charge in [-0.1, -0.05) is 0 Å². The number of aromatic carboxylic acids is 1. The van der Waals surface area contributed by atoms with Gasteiger partial charge in [-0.05, 0) is 6.07 Å². The molecular weight excluding hydrogens is 192 g/mol. The monoisotopic (exact) mass is 198 g/mol. The van der Waals surface area contributed by atoms with Crippen molar-refractivity contribution in [1.29, 1.82) is 0 Å². The molecule has 0 aliphatic rings. The van der Waals surface area contributed by atoms with E-state index < -0.39 is 10.9 Å². The fourth-order valence-electron chi connectivity index (χ4n) is 0.841. The Morgan fingerprint density at radius 2 is 2.29 bits per heavy atom. The molecule has 0 radical (unpaired) electrons. The summed E-state index contributed by atoms with van der Waals surface area (Å²) in [7, 11) is 1.18. The van der Waals surface area contributed by atoms with Crippen LogP contribution in [0.4, 0.5) is 5.69 Å². The van der Waals surface area contributed by atoms with E-state index in [2.05, 4.69) is 9.72 Å². The van der Waals surface area contributed by atoms with Crippen LogP contribution in [0, 0.1) is 10.1 Å². The standard InChI is InChI=1S/C7H6N2O5/c1-14-6-5(9(12)13)3-2-4(8-6)7(10)11/h2-3H,1H3,(H,10,11). The lowest BCUT2D eigenvalue weighted by atomic mass is 10.3. The molecule has 7 nitrogen and oxygen atoms in total. The smallest absolute Gasteiger partial charge is 0.354 e. The number of methoxy groups -OCH3 is 1. The van der Waals surface area contributed by atoms with Gasteiger partial charge in [0.25, 0.3) is 5.88 Å². The number of nitro groups is 1. The first-order chi connectivity index (χ1) is 6.56. The average molecular weight is 198 g/mol. The summed E-state index contributed by atoms with van der Waals surface area (Å²) < 4.78 is 4.58. The molecule has 1 aromatic rings. The van der Waals surface area contributed by atoms with E-state index in [4.69, 9.17) is 5.11 Å². The van der Waals surface area contributed by atoms with E-state index in [0.717, 1.165) is 12.1 Å². The fraction of sp³-hybridized carbons (Fsp3) is 0.143. The molecule has 0 amide bonds. The van der Waals surface area contributed by atoms with Crippen LogP contribution in [0.3, 0.4) is 0 Å². The van der Waals surface area contributed by atoms with Crippen molar-refractivity contribution < 1.29 is 19.6 Å². The Balaban J connectivity index is 3.25. The van der Waals surface area contributed by atoms with Crippen LogP contribution in [0.1, 0.15) is 10.5 Å². The van der Waals surface area contributed by atoms with E-state index in [0.29, 0.717) is 0 Å². The van der Waals surface area contributed by atoms with Crippen LogP contribution in [-0.2, 0) is 0 Å². The molecule has 0 aliphatic carbocycles. The summed E-state index contributed by atoms with van der Waals surface area (Å²) in [4.78, 5) is 23.6. The van der Waals surface area contributed by atoms with Crippen molar-refractivity contribution in [2.75, 3.05) is 7.11 Å². The van der Waals surface area contributed by atoms with Gasteiger partial charge in [0.15, 0.2) is 5.69 Å². The van der Waals surface area contributed by atoms with Crippen molar-refractivity contribution in [2.24, 2.45) is 0 Å². The molecule has 1 N–H and O–H groups in total. The first-order valence-corrected chi connectivity index (χ1v) is 3.49. The van der Waals surface area contributed by atoms with Crippen molar-refractivity contribution in [3.05, 3.63) is 27.9 Å². The molecule has 0 bridgehead atoms. The predicted molar refractivity (Wildman–Crippen MR) is 44.4 cm³/mol. The maximum Gasteiger partial charge on any atom is 0.354 e. The highest BCUT2D eigenvalue weighted by Gasteiger charge is 2.18. The summed E-state index contributed by atoms with van der Waals surface area (Å²) in [6.07, 6.45) is 0. The number of ether oxygens (including phenoxy) is 1. The Morgan fingerprint density at radius 3 is 2.71 bits per heavy atom. The van der Waals surface area contributed by atoms with Crippen molar-refractivity contribution in [3.63, 3.8) is 0 Å². The molecule has 0 aliphatic heterocycles. The van der Waals surface area contributed by atoms with Gasteiger partial charge in [0, 0.05) is 6.07 Å². The molecule has 1 aromatic heterocycles. The largest absolute Gasteiger partial charge is 0.477 e. The van der Waals surface area contributed by atoms with Crippen molar-refractivity contribution in [2.45, 2.75) is 0 Å². The zero-order valence-electron chi connectivity index (χ0n) is 7.13. The minimum absolute atomic E-state index is 0.299. The maximum atomic E-state index is 10.5. The van der Waals surface area contributed by atoms with E-state index in [-0.39, 0.29) is 17.3 Å². The van der Waals surface area contributed by atoms with Gasteiger partial charge in [0.2, 0.25) is 0 Å².